The average Bonchev–Trinajstić information content (AvgIpc) is 2.63. The zero-order valence-electron chi connectivity index (χ0n) is 11.9. The number of esters is 1. The minimum absolute atomic E-state index is 0.0843. The van der Waals surface area contributed by atoms with Gasteiger partial charge >= 0.3 is 5.97 Å². The summed E-state index contributed by atoms with van der Waals surface area (Å²) in [7, 11) is -0.199. The van der Waals surface area contributed by atoms with Crippen molar-refractivity contribution in [2.75, 3.05) is 19.3 Å². The Bertz CT molecular complexity index is 329. The van der Waals surface area contributed by atoms with E-state index in [0.717, 1.165) is 6.54 Å². The molecule has 4 heteroatoms. The van der Waals surface area contributed by atoms with E-state index in [9.17, 15) is 4.79 Å². The number of nitrogens with zero attached hydrogens (tertiary/aromatic N) is 1. The maximum atomic E-state index is 10.9. The molecule has 0 N–H and O–H groups in total. The summed E-state index contributed by atoms with van der Waals surface area (Å²) in [4.78, 5) is 10.9. The van der Waals surface area contributed by atoms with Crippen LogP contribution in [0.1, 0.15) is 41.5 Å². The van der Waals surface area contributed by atoms with Crippen molar-refractivity contribution in [3.05, 3.63) is 0 Å². The molecule has 3 nitrogen and oxygen atoms in total. The van der Waals surface area contributed by atoms with Crippen LogP contribution < -0.4 is 0 Å². The summed E-state index contributed by atoms with van der Waals surface area (Å²) in [6.45, 7) is 14.2. The van der Waals surface area contributed by atoms with Gasteiger partial charge in [0.1, 0.15) is 13.2 Å². The fourth-order valence-corrected chi connectivity index (χ4v) is 4.32. The van der Waals surface area contributed by atoms with Crippen molar-refractivity contribution in [2.24, 2.45) is 0 Å². The number of carbonyl (C=O) groups is 1. The second kappa shape index (κ2) is 5.06. The first-order valence-corrected chi connectivity index (χ1v) is 7.74. The van der Waals surface area contributed by atoms with Gasteiger partial charge in [-0.3, -0.25) is 4.79 Å². The second-order valence-corrected chi connectivity index (χ2v) is 9.09. The summed E-state index contributed by atoms with van der Waals surface area (Å²) in [6.07, 6.45) is 1.21. The summed E-state index contributed by atoms with van der Waals surface area (Å²) >= 11 is 0. The number of hydrogen-bond acceptors (Lipinski definition) is 2. The highest BCUT2D eigenvalue weighted by Gasteiger charge is 2.39. The first-order chi connectivity index (χ1) is 7.63. The third-order valence-electron chi connectivity index (χ3n) is 3.13. The topological polar surface area (TPSA) is 29.3 Å². The molecule has 17 heavy (non-hydrogen) atoms. The van der Waals surface area contributed by atoms with Crippen molar-refractivity contribution < 1.29 is 14.1 Å². The van der Waals surface area contributed by atoms with Crippen molar-refractivity contribution in [3.63, 3.8) is 0 Å². The highest BCUT2D eigenvalue weighted by atomic mass is 31.1. The van der Waals surface area contributed by atoms with E-state index in [1.54, 1.807) is 0 Å². The van der Waals surface area contributed by atoms with E-state index in [0.29, 0.717) is 6.61 Å². The molecule has 0 saturated heterocycles. The van der Waals surface area contributed by atoms with E-state index >= 15 is 0 Å². The van der Waals surface area contributed by atoms with E-state index in [1.807, 2.05) is 0 Å². The fourth-order valence-electron chi connectivity index (χ4n) is 1.83. The lowest BCUT2D eigenvalue weighted by Crippen LogP contribution is -2.32. The number of hydrogen-bond donors (Lipinski definition) is 0. The first-order valence-electron chi connectivity index (χ1n) is 6.15. The van der Waals surface area contributed by atoms with Crippen molar-refractivity contribution in [2.45, 2.75) is 52.2 Å². The molecule has 0 aromatic heterocycles. The minimum atomic E-state index is -0.199. The minimum Gasteiger partial charge on any atom is -0.465 e. The van der Waals surface area contributed by atoms with Gasteiger partial charge in [0.15, 0.2) is 11.5 Å². The molecule has 0 aromatic carbocycles. The summed E-state index contributed by atoms with van der Waals surface area (Å²) < 4.78 is 7.60. The van der Waals surface area contributed by atoms with Crippen molar-refractivity contribution in [3.8, 4) is 0 Å². The maximum absolute atomic E-state index is 10.9. The summed E-state index contributed by atoms with van der Waals surface area (Å²) in [5.41, 5.74) is 0.203. The zero-order chi connectivity index (χ0) is 13.3. The number of carbonyl (C=O) groups excluding carboxylic acids is 1. The van der Waals surface area contributed by atoms with Crippen LogP contribution in [0, 0.1) is 0 Å². The molecule has 1 rings (SSSR count). The van der Waals surface area contributed by atoms with E-state index in [-0.39, 0.29) is 24.6 Å². The van der Waals surface area contributed by atoms with E-state index in [1.165, 1.54) is 13.1 Å². The van der Waals surface area contributed by atoms with Gasteiger partial charge < -0.3 is 4.74 Å². The summed E-state index contributed by atoms with van der Waals surface area (Å²) in [6, 6.07) is 0. The molecule has 0 amide bonds. The third-order valence-corrected chi connectivity index (χ3v) is 6.05. The van der Waals surface area contributed by atoms with Gasteiger partial charge in [-0.1, -0.05) is 13.8 Å². The van der Waals surface area contributed by atoms with Gasteiger partial charge in [0.25, 0.3) is 0 Å². The molecular weight excluding hydrogens is 233 g/mol. The predicted molar refractivity (Wildman–Crippen MR) is 73.4 cm³/mol. The Morgan fingerprint density at radius 3 is 2.35 bits per heavy atom. The van der Waals surface area contributed by atoms with Gasteiger partial charge in [0.2, 0.25) is 0 Å². The largest absolute Gasteiger partial charge is 0.465 e. The van der Waals surface area contributed by atoms with Crippen LogP contribution in [-0.4, -0.2) is 46.5 Å². The van der Waals surface area contributed by atoms with E-state index in [4.69, 9.17) is 4.74 Å². The first kappa shape index (κ1) is 14.6. The smallest absolute Gasteiger partial charge is 0.302 e. The molecule has 0 fully saturated rings. The maximum Gasteiger partial charge on any atom is 0.302 e. The molecule has 1 atom stereocenters. The van der Waals surface area contributed by atoms with E-state index in [2.05, 4.69) is 45.1 Å². The molecule has 0 saturated carbocycles. The summed E-state index contributed by atoms with van der Waals surface area (Å²) in [5.74, 6) is 2.21. The molecule has 1 aliphatic rings. The van der Waals surface area contributed by atoms with Crippen molar-refractivity contribution in [1.82, 2.24) is 0 Å². The number of ether oxygens (including phenoxy) is 1. The molecule has 1 unspecified atom stereocenters. The Hall–Kier alpha value is -0.430. The standard InChI is InChI=1S/C13H25NO2P/c1-11(15)16-9-13(5,6)17-8-7-14(10-17)12(2,3)4/h10H,7-9H2,1-6H3/q+1. The molecule has 0 bridgehead atoms. The Morgan fingerprint density at radius 2 is 1.94 bits per heavy atom. The monoisotopic (exact) mass is 258 g/mol. The van der Waals surface area contributed by atoms with Gasteiger partial charge in [-0.05, 0) is 20.8 Å². The van der Waals surface area contributed by atoms with Crippen molar-refractivity contribution in [1.29, 1.82) is 0 Å². The van der Waals surface area contributed by atoms with Crippen LogP contribution in [0.5, 0.6) is 0 Å². The molecule has 0 aliphatic carbocycles. The van der Waals surface area contributed by atoms with Crippen LogP contribution in [0.4, 0.5) is 0 Å². The normalized spacial score (nSPS) is 21.3. The van der Waals surface area contributed by atoms with Crippen LogP contribution in [0.3, 0.4) is 0 Å². The molecule has 0 aromatic rings. The molecule has 0 spiro atoms. The van der Waals surface area contributed by atoms with Crippen LogP contribution in [0.2, 0.25) is 0 Å². The molecule has 0 radical (unpaired) electrons. The predicted octanol–water partition coefficient (Wildman–Crippen LogP) is 2.66. The highest BCUT2D eigenvalue weighted by Crippen LogP contribution is 2.49. The second-order valence-electron chi connectivity index (χ2n) is 6.27. The summed E-state index contributed by atoms with van der Waals surface area (Å²) in [5, 5.41) is 0.0843. The third kappa shape index (κ3) is 4.06. The zero-order valence-corrected chi connectivity index (χ0v) is 12.8. The van der Waals surface area contributed by atoms with Crippen LogP contribution in [-0.2, 0) is 9.53 Å². The lowest BCUT2D eigenvalue weighted by atomic mass is 10.1. The van der Waals surface area contributed by atoms with Gasteiger partial charge in [0, 0.05) is 26.2 Å². The molecule has 1 aliphatic heterocycles. The van der Waals surface area contributed by atoms with E-state index < -0.39 is 0 Å². The van der Waals surface area contributed by atoms with Crippen LogP contribution >= 0.6 is 7.92 Å². The Morgan fingerprint density at radius 1 is 1.35 bits per heavy atom. The van der Waals surface area contributed by atoms with Crippen LogP contribution in [0.15, 0.2) is 0 Å². The van der Waals surface area contributed by atoms with Gasteiger partial charge in [-0.2, -0.15) is 0 Å². The fraction of sp³-hybridized carbons (Fsp3) is 0.846. The quantitative estimate of drug-likeness (QED) is 0.442. The van der Waals surface area contributed by atoms with Crippen LogP contribution in [0.25, 0.3) is 0 Å². The Balaban J connectivity index is 2.68. The Labute approximate surface area is 106 Å². The van der Waals surface area contributed by atoms with Gasteiger partial charge in [0.05, 0.1) is 0 Å². The average molecular weight is 258 g/mol. The molecular formula is C13H25NO2P+. The highest BCUT2D eigenvalue weighted by molar-refractivity contribution is 7.74. The van der Waals surface area contributed by atoms with Gasteiger partial charge in [-0.25, -0.2) is 4.58 Å². The SMILES string of the molecule is CC(=O)OCC(C)(C)P1C=[N+](C(C)(C)C)CC1. The molecule has 1 heterocycles. The van der Waals surface area contributed by atoms with Crippen molar-refractivity contribution >= 4 is 19.8 Å². The molecule has 98 valence electrons. The number of rotatable bonds is 3. The lowest BCUT2D eigenvalue weighted by molar-refractivity contribution is -0.584. The Kier molecular flexibility index (Phi) is 4.35. The lowest BCUT2D eigenvalue weighted by Gasteiger charge is -2.27. The van der Waals surface area contributed by atoms with Gasteiger partial charge in [-0.15, -0.1) is 0 Å².